The summed E-state index contributed by atoms with van der Waals surface area (Å²) in [5, 5.41) is 12.0. The zero-order chi connectivity index (χ0) is 20.9. The predicted octanol–water partition coefficient (Wildman–Crippen LogP) is 6.53. The lowest BCUT2D eigenvalue weighted by Crippen LogP contribution is -2.03. The Bertz CT molecular complexity index is 1610. The number of nitrogens with zero attached hydrogens (tertiary/aromatic N) is 1. The molecule has 4 heteroatoms. The highest BCUT2D eigenvalue weighted by atomic mass is 16.3. The molecule has 3 N–H and O–H groups in total. The number of fused-ring (bicyclic) bond motifs is 4. The van der Waals surface area contributed by atoms with Crippen LogP contribution in [0.1, 0.15) is 11.3 Å². The van der Waals surface area contributed by atoms with Crippen LogP contribution in [0.2, 0.25) is 0 Å². The summed E-state index contributed by atoms with van der Waals surface area (Å²) >= 11 is 0. The first kappa shape index (κ1) is 17.5. The number of furan rings is 1. The molecule has 0 saturated carbocycles. The molecule has 0 spiro atoms. The minimum atomic E-state index is 0.278. The van der Waals surface area contributed by atoms with E-state index in [1.165, 1.54) is 5.39 Å². The molecule has 6 rings (SSSR count). The third-order valence-corrected chi connectivity index (χ3v) is 5.84. The first-order valence-corrected chi connectivity index (χ1v) is 10.2. The molecule has 0 aliphatic rings. The highest BCUT2D eigenvalue weighted by Crippen LogP contribution is 2.34. The zero-order valence-corrected chi connectivity index (χ0v) is 16.7. The van der Waals surface area contributed by atoms with E-state index < -0.39 is 0 Å². The second-order valence-corrected chi connectivity index (χ2v) is 7.64. The monoisotopic (exact) mass is 401 g/mol. The molecule has 0 bridgehead atoms. The fourth-order valence-electron chi connectivity index (χ4n) is 4.36. The summed E-state index contributed by atoms with van der Waals surface area (Å²) in [5.41, 5.74) is 11.8. The fraction of sp³-hybridized carbons (Fsp3) is 0. The van der Waals surface area contributed by atoms with Gasteiger partial charge in [-0.15, -0.1) is 0 Å². The summed E-state index contributed by atoms with van der Waals surface area (Å²) in [6.45, 7) is 0. The molecular weight excluding hydrogens is 382 g/mol. The van der Waals surface area contributed by atoms with Crippen molar-refractivity contribution in [3.8, 4) is 5.69 Å². The van der Waals surface area contributed by atoms with Gasteiger partial charge < -0.3 is 14.7 Å². The normalized spacial score (nSPS) is 11.5. The third kappa shape index (κ3) is 2.58. The van der Waals surface area contributed by atoms with Gasteiger partial charge in [0.1, 0.15) is 11.3 Å². The van der Waals surface area contributed by atoms with Crippen LogP contribution in [0.4, 0.5) is 5.69 Å². The predicted molar refractivity (Wildman–Crippen MR) is 127 cm³/mol. The standard InChI is InChI=1S/C27H19N3O/c28-25(27-26(29)21-11-5-7-13-24(21)31-27)17-14-15-20-19-10-4-6-12-22(19)30(23(20)16-17)18-8-2-1-3-9-18/h1-16,28H,29H2. The molecular formula is C27H19N3O. The van der Waals surface area contributed by atoms with Gasteiger partial charge >= 0.3 is 0 Å². The van der Waals surface area contributed by atoms with E-state index in [2.05, 4.69) is 53.1 Å². The summed E-state index contributed by atoms with van der Waals surface area (Å²) in [6.07, 6.45) is 0. The lowest BCUT2D eigenvalue weighted by Gasteiger charge is -2.09. The summed E-state index contributed by atoms with van der Waals surface area (Å²) in [5.74, 6) is 0.405. The quantitative estimate of drug-likeness (QED) is 0.331. The molecule has 0 saturated heterocycles. The van der Waals surface area contributed by atoms with Gasteiger partial charge in [0.25, 0.3) is 0 Å². The minimum absolute atomic E-state index is 0.278. The number of aromatic nitrogens is 1. The van der Waals surface area contributed by atoms with Crippen LogP contribution in [0, 0.1) is 5.41 Å². The highest BCUT2D eigenvalue weighted by molar-refractivity contribution is 6.18. The Morgan fingerprint density at radius 3 is 2.19 bits per heavy atom. The van der Waals surface area contributed by atoms with Crippen molar-refractivity contribution in [2.45, 2.75) is 0 Å². The van der Waals surface area contributed by atoms with E-state index in [4.69, 9.17) is 15.6 Å². The van der Waals surface area contributed by atoms with Crippen molar-refractivity contribution < 1.29 is 4.42 Å². The van der Waals surface area contributed by atoms with Gasteiger partial charge in [0.05, 0.1) is 16.7 Å². The Morgan fingerprint density at radius 2 is 1.39 bits per heavy atom. The first-order valence-electron chi connectivity index (χ1n) is 10.2. The van der Waals surface area contributed by atoms with Crippen molar-refractivity contribution >= 4 is 44.2 Å². The van der Waals surface area contributed by atoms with Crippen molar-refractivity contribution in [2.75, 3.05) is 5.73 Å². The van der Waals surface area contributed by atoms with Gasteiger partial charge in [-0.2, -0.15) is 0 Å². The Hall–Kier alpha value is -4.31. The van der Waals surface area contributed by atoms with E-state index in [0.29, 0.717) is 17.0 Å². The molecule has 4 nitrogen and oxygen atoms in total. The number of nitrogen functional groups attached to an aromatic ring is 1. The molecule has 2 aromatic heterocycles. The van der Waals surface area contributed by atoms with E-state index in [0.717, 1.165) is 33.1 Å². The number of nitrogens with one attached hydrogen (secondary N) is 1. The number of benzene rings is 4. The Labute approximate surface area is 178 Å². The molecule has 148 valence electrons. The van der Waals surface area contributed by atoms with Crippen LogP contribution in [-0.2, 0) is 0 Å². The van der Waals surface area contributed by atoms with Gasteiger partial charge in [0.15, 0.2) is 5.76 Å². The maximum absolute atomic E-state index is 8.85. The van der Waals surface area contributed by atoms with E-state index in [9.17, 15) is 0 Å². The number of anilines is 1. The number of para-hydroxylation sites is 3. The molecule has 4 aromatic carbocycles. The Morgan fingerprint density at radius 1 is 0.710 bits per heavy atom. The van der Waals surface area contributed by atoms with Gasteiger partial charge in [0, 0.05) is 27.4 Å². The molecule has 6 aromatic rings. The Balaban J connectivity index is 1.60. The second kappa shape index (κ2) is 6.61. The summed E-state index contributed by atoms with van der Waals surface area (Å²) in [7, 11) is 0. The smallest absolute Gasteiger partial charge is 0.176 e. The summed E-state index contributed by atoms with van der Waals surface area (Å²) < 4.78 is 8.18. The molecule has 0 fully saturated rings. The van der Waals surface area contributed by atoms with Crippen LogP contribution in [0.5, 0.6) is 0 Å². The molecule has 0 amide bonds. The summed E-state index contributed by atoms with van der Waals surface area (Å²) in [4.78, 5) is 0. The van der Waals surface area contributed by atoms with Crippen molar-refractivity contribution in [1.82, 2.24) is 4.57 Å². The van der Waals surface area contributed by atoms with Crippen molar-refractivity contribution in [2.24, 2.45) is 0 Å². The van der Waals surface area contributed by atoms with Crippen LogP contribution in [-0.4, -0.2) is 10.3 Å². The zero-order valence-electron chi connectivity index (χ0n) is 16.7. The number of hydrogen-bond acceptors (Lipinski definition) is 3. The van der Waals surface area contributed by atoms with Crippen LogP contribution in [0.3, 0.4) is 0 Å². The van der Waals surface area contributed by atoms with Crippen LogP contribution in [0.15, 0.2) is 101 Å². The molecule has 31 heavy (non-hydrogen) atoms. The topological polar surface area (TPSA) is 67.9 Å². The van der Waals surface area contributed by atoms with E-state index in [-0.39, 0.29) is 5.71 Å². The number of rotatable bonds is 3. The lowest BCUT2D eigenvalue weighted by atomic mass is 10.0. The van der Waals surface area contributed by atoms with Crippen LogP contribution in [0.25, 0.3) is 38.5 Å². The average molecular weight is 401 g/mol. The second-order valence-electron chi connectivity index (χ2n) is 7.64. The number of nitrogens with two attached hydrogens (primary N) is 1. The van der Waals surface area contributed by atoms with Gasteiger partial charge in [0.2, 0.25) is 0 Å². The van der Waals surface area contributed by atoms with Crippen LogP contribution < -0.4 is 5.73 Å². The SMILES string of the molecule is N=C(c1ccc2c3ccccc3n(-c3ccccc3)c2c1)c1oc2ccccc2c1N. The molecule has 2 heterocycles. The number of hydrogen-bond donors (Lipinski definition) is 2. The third-order valence-electron chi connectivity index (χ3n) is 5.84. The van der Waals surface area contributed by atoms with Crippen molar-refractivity contribution in [3.63, 3.8) is 0 Å². The van der Waals surface area contributed by atoms with Gasteiger partial charge in [-0.3, -0.25) is 5.41 Å². The lowest BCUT2D eigenvalue weighted by molar-refractivity contribution is 0.606. The largest absolute Gasteiger partial charge is 0.452 e. The maximum atomic E-state index is 8.85. The first-order chi connectivity index (χ1) is 15.2. The summed E-state index contributed by atoms with van der Waals surface area (Å²) in [6, 6.07) is 32.4. The van der Waals surface area contributed by atoms with E-state index in [1.807, 2.05) is 48.5 Å². The van der Waals surface area contributed by atoms with Crippen molar-refractivity contribution in [3.05, 3.63) is 108 Å². The fourth-order valence-corrected chi connectivity index (χ4v) is 4.36. The molecule has 0 atom stereocenters. The minimum Gasteiger partial charge on any atom is -0.452 e. The Kier molecular flexibility index (Phi) is 3.74. The molecule has 0 unspecified atom stereocenters. The maximum Gasteiger partial charge on any atom is 0.176 e. The van der Waals surface area contributed by atoms with E-state index in [1.54, 1.807) is 0 Å². The highest BCUT2D eigenvalue weighted by Gasteiger charge is 2.19. The van der Waals surface area contributed by atoms with E-state index >= 15 is 0 Å². The van der Waals surface area contributed by atoms with Gasteiger partial charge in [-0.25, -0.2) is 0 Å². The van der Waals surface area contributed by atoms with Crippen molar-refractivity contribution in [1.29, 1.82) is 5.41 Å². The van der Waals surface area contributed by atoms with Gasteiger partial charge in [-0.05, 0) is 36.4 Å². The van der Waals surface area contributed by atoms with Crippen LogP contribution >= 0.6 is 0 Å². The van der Waals surface area contributed by atoms with Gasteiger partial charge in [-0.1, -0.05) is 60.7 Å². The molecule has 0 aliphatic carbocycles. The average Bonchev–Trinajstić information content (AvgIpc) is 3.34. The molecule has 0 radical (unpaired) electrons. The molecule has 0 aliphatic heterocycles.